The maximum Gasteiger partial charge on any atom is 0.261 e. The molecule has 5 heteroatoms. The van der Waals surface area contributed by atoms with Crippen molar-refractivity contribution in [3.05, 3.63) is 64.7 Å². The number of nitrogens with zero attached hydrogens (tertiary/aromatic N) is 1. The second-order valence-electron chi connectivity index (χ2n) is 7.96. The molecule has 1 atom stereocenters. The molecule has 156 valence electrons. The van der Waals surface area contributed by atoms with Crippen LogP contribution < -0.4 is 10.1 Å². The predicted molar refractivity (Wildman–Crippen MR) is 116 cm³/mol. The molecular weight excluding hydrogens is 364 g/mol. The summed E-state index contributed by atoms with van der Waals surface area (Å²) in [5, 5.41) is 2.89. The minimum Gasteiger partial charge on any atom is -0.484 e. The molecular formula is C24H32N2O3. The molecule has 0 bridgehead atoms. The van der Waals surface area contributed by atoms with E-state index in [4.69, 9.17) is 4.74 Å². The molecule has 2 aromatic rings. The molecule has 0 unspecified atom stereocenters. The summed E-state index contributed by atoms with van der Waals surface area (Å²) in [6.07, 6.45) is 0. The predicted octanol–water partition coefficient (Wildman–Crippen LogP) is 3.93. The number of benzene rings is 2. The molecule has 2 aromatic carbocycles. The molecule has 0 aliphatic carbocycles. The maximum absolute atomic E-state index is 13.0. The van der Waals surface area contributed by atoms with Gasteiger partial charge in [-0.05, 0) is 70.4 Å². The zero-order chi connectivity index (χ0) is 21.6. The summed E-state index contributed by atoms with van der Waals surface area (Å²) in [5.74, 6) is 0.259. The highest BCUT2D eigenvalue weighted by atomic mass is 16.5. The van der Waals surface area contributed by atoms with E-state index in [1.54, 1.807) is 11.8 Å². The van der Waals surface area contributed by atoms with Crippen molar-refractivity contribution in [3.63, 3.8) is 0 Å². The van der Waals surface area contributed by atoms with Crippen molar-refractivity contribution >= 4 is 11.8 Å². The fraction of sp³-hybridized carbons (Fsp3) is 0.417. The number of carbonyl (C=O) groups excluding carboxylic acids is 2. The molecule has 2 rings (SSSR count). The highest BCUT2D eigenvalue weighted by Crippen LogP contribution is 2.17. The van der Waals surface area contributed by atoms with Crippen LogP contribution in [0.4, 0.5) is 0 Å². The van der Waals surface area contributed by atoms with Gasteiger partial charge in [0.25, 0.3) is 5.91 Å². The fourth-order valence-electron chi connectivity index (χ4n) is 3.24. The second-order valence-corrected chi connectivity index (χ2v) is 7.96. The fourth-order valence-corrected chi connectivity index (χ4v) is 3.24. The lowest BCUT2D eigenvalue weighted by atomic mass is 10.1. The lowest BCUT2D eigenvalue weighted by Gasteiger charge is -2.29. The number of rotatable bonds is 8. The highest BCUT2D eigenvalue weighted by molar-refractivity contribution is 5.88. The zero-order valence-corrected chi connectivity index (χ0v) is 18.3. The van der Waals surface area contributed by atoms with Gasteiger partial charge in [-0.1, -0.05) is 35.9 Å². The van der Waals surface area contributed by atoms with E-state index in [-0.39, 0.29) is 24.5 Å². The van der Waals surface area contributed by atoms with Crippen molar-refractivity contribution < 1.29 is 14.3 Å². The maximum atomic E-state index is 13.0. The number of ether oxygens (including phenoxy) is 1. The van der Waals surface area contributed by atoms with Crippen LogP contribution in [0, 0.1) is 20.8 Å². The Morgan fingerprint density at radius 1 is 0.966 bits per heavy atom. The highest BCUT2D eigenvalue weighted by Gasteiger charge is 2.27. The lowest BCUT2D eigenvalue weighted by molar-refractivity contribution is -0.142. The average molecular weight is 397 g/mol. The summed E-state index contributed by atoms with van der Waals surface area (Å²) >= 11 is 0. The van der Waals surface area contributed by atoms with Crippen LogP contribution in [0.3, 0.4) is 0 Å². The summed E-state index contributed by atoms with van der Waals surface area (Å²) in [4.78, 5) is 27.2. The smallest absolute Gasteiger partial charge is 0.261 e. The number of amides is 2. The number of hydrogen-bond donors (Lipinski definition) is 1. The summed E-state index contributed by atoms with van der Waals surface area (Å²) in [7, 11) is 0. The standard InChI is InChI=1S/C24H32N2O3/c1-16(2)25-24(28)20(6)26(14-21-9-7-8-17(3)11-21)23(27)15-29-22-12-18(4)10-19(5)13-22/h7-13,16,20H,14-15H2,1-6H3,(H,25,28)/t20-/m1/s1. The number of nitrogens with one attached hydrogen (secondary N) is 1. The summed E-state index contributed by atoms with van der Waals surface area (Å²) < 4.78 is 5.76. The first-order valence-electron chi connectivity index (χ1n) is 10.0. The Morgan fingerprint density at radius 2 is 1.62 bits per heavy atom. The van der Waals surface area contributed by atoms with E-state index in [0.717, 1.165) is 22.3 Å². The van der Waals surface area contributed by atoms with E-state index in [1.807, 2.05) is 71.0 Å². The van der Waals surface area contributed by atoms with E-state index in [1.165, 1.54) is 0 Å². The quantitative estimate of drug-likeness (QED) is 0.735. The minimum absolute atomic E-state index is 0.00684. The SMILES string of the molecule is Cc1cccc(CN(C(=O)COc2cc(C)cc(C)c2)[C@H](C)C(=O)NC(C)C)c1. The van der Waals surface area contributed by atoms with Crippen LogP contribution in [0.5, 0.6) is 5.75 Å². The summed E-state index contributed by atoms with van der Waals surface area (Å²) in [6.45, 7) is 11.8. The van der Waals surface area contributed by atoms with Crippen molar-refractivity contribution in [2.75, 3.05) is 6.61 Å². The van der Waals surface area contributed by atoms with Crippen molar-refractivity contribution in [1.29, 1.82) is 0 Å². The molecule has 0 radical (unpaired) electrons. The van der Waals surface area contributed by atoms with Gasteiger partial charge in [-0.15, -0.1) is 0 Å². The van der Waals surface area contributed by atoms with Crippen LogP contribution in [0.15, 0.2) is 42.5 Å². The first-order valence-corrected chi connectivity index (χ1v) is 10.0. The first-order chi connectivity index (χ1) is 13.7. The van der Waals surface area contributed by atoms with Gasteiger partial charge in [0, 0.05) is 12.6 Å². The van der Waals surface area contributed by atoms with Crippen molar-refractivity contribution in [2.45, 2.75) is 60.2 Å². The second kappa shape index (κ2) is 10.1. The molecule has 0 saturated heterocycles. The molecule has 0 saturated carbocycles. The average Bonchev–Trinajstić information content (AvgIpc) is 2.62. The third kappa shape index (κ3) is 6.93. The minimum atomic E-state index is -0.603. The van der Waals surface area contributed by atoms with Crippen LogP contribution in [0.25, 0.3) is 0 Å². The van der Waals surface area contributed by atoms with Crippen LogP contribution in [0.2, 0.25) is 0 Å². The van der Waals surface area contributed by atoms with Gasteiger partial charge < -0.3 is 15.0 Å². The Morgan fingerprint density at radius 3 is 2.21 bits per heavy atom. The van der Waals surface area contributed by atoms with E-state index >= 15 is 0 Å². The molecule has 29 heavy (non-hydrogen) atoms. The van der Waals surface area contributed by atoms with Crippen molar-refractivity contribution in [1.82, 2.24) is 10.2 Å². The topological polar surface area (TPSA) is 58.6 Å². The number of carbonyl (C=O) groups is 2. The molecule has 0 aliphatic heterocycles. The molecule has 0 aliphatic rings. The molecule has 0 fully saturated rings. The first kappa shape index (κ1) is 22.5. The molecule has 0 spiro atoms. The molecule has 2 amide bonds. The van der Waals surface area contributed by atoms with Crippen LogP contribution in [-0.2, 0) is 16.1 Å². The Hall–Kier alpha value is -2.82. The summed E-state index contributed by atoms with van der Waals surface area (Å²) in [6, 6.07) is 13.2. The van der Waals surface area contributed by atoms with Gasteiger partial charge >= 0.3 is 0 Å². The lowest BCUT2D eigenvalue weighted by Crippen LogP contribution is -2.50. The number of aryl methyl sites for hydroxylation is 3. The molecule has 1 N–H and O–H groups in total. The van der Waals surface area contributed by atoms with Gasteiger partial charge in [0.15, 0.2) is 6.61 Å². The normalized spacial score (nSPS) is 11.8. The van der Waals surface area contributed by atoms with Gasteiger partial charge in [-0.3, -0.25) is 9.59 Å². The van der Waals surface area contributed by atoms with Crippen molar-refractivity contribution in [3.8, 4) is 5.75 Å². The number of hydrogen-bond acceptors (Lipinski definition) is 3. The largest absolute Gasteiger partial charge is 0.484 e. The Bertz CT molecular complexity index is 841. The van der Waals surface area contributed by atoms with E-state index in [9.17, 15) is 9.59 Å². The van der Waals surface area contributed by atoms with E-state index < -0.39 is 6.04 Å². The van der Waals surface area contributed by atoms with Crippen LogP contribution in [-0.4, -0.2) is 35.4 Å². The Labute approximate surface area is 174 Å². The summed E-state index contributed by atoms with van der Waals surface area (Å²) in [5.41, 5.74) is 4.25. The van der Waals surface area contributed by atoms with Crippen LogP contribution >= 0.6 is 0 Å². The zero-order valence-electron chi connectivity index (χ0n) is 18.3. The van der Waals surface area contributed by atoms with Gasteiger partial charge in [0.2, 0.25) is 5.91 Å². The third-order valence-corrected chi connectivity index (χ3v) is 4.59. The van der Waals surface area contributed by atoms with Crippen molar-refractivity contribution in [2.24, 2.45) is 0 Å². The Kier molecular flexibility index (Phi) is 7.82. The van der Waals surface area contributed by atoms with Crippen LogP contribution in [0.1, 0.15) is 43.0 Å². The van der Waals surface area contributed by atoms with Gasteiger partial charge in [0.05, 0.1) is 0 Å². The monoisotopic (exact) mass is 396 g/mol. The molecule has 0 heterocycles. The molecule has 0 aromatic heterocycles. The third-order valence-electron chi connectivity index (χ3n) is 4.59. The Balaban J connectivity index is 2.17. The van der Waals surface area contributed by atoms with E-state index in [0.29, 0.717) is 12.3 Å². The molecule has 5 nitrogen and oxygen atoms in total. The van der Waals surface area contributed by atoms with Gasteiger partial charge in [0.1, 0.15) is 11.8 Å². The van der Waals surface area contributed by atoms with Gasteiger partial charge in [-0.25, -0.2) is 0 Å². The van der Waals surface area contributed by atoms with Gasteiger partial charge in [-0.2, -0.15) is 0 Å². The van der Waals surface area contributed by atoms with E-state index in [2.05, 4.69) is 11.4 Å².